The lowest BCUT2D eigenvalue weighted by molar-refractivity contribution is 0.0345. The van der Waals surface area contributed by atoms with Gasteiger partial charge in [0.05, 0.1) is 6.26 Å². The highest BCUT2D eigenvalue weighted by Gasteiger charge is 2.46. The average molecular weight is 864 g/mol. The van der Waals surface area contributed by atoms with Gasteiger partial charge in [-0.1, -0.05) is 144 Å². The Bertz CT molecular complexity index is 2230. The van der Waals surface area contributed by atoms with Crippen LogP contribution in [0.5, 0.6) is 0 Å². The van der Waals surface area contributed by atoms with Crippen LogP contribution in [0.1, 0.15) is 173 Å². The molecule has 4 aliphatic rings. The Morgan fingerprint density at radius 3 is 2.16 bits per heavy atom. The maximum absolute atomic E-state index is 6.54. The van der Waals surface area contributed by atoms with Crippen LogP contribution >= 0.6 is 0 Å². The van der Waals surface area contributed by atoms with Gasteiger partial charge in [-0.15, -0.1) is 13.2 Å². The molecule has 2 saturated carbocycles. The van der Waals surface area contributed by atoms with Crippen LogP contribution < -0.4 is 10.8 Å². The quantitative estimate of drug-likeness (QED) is 0.0888. The summed E-state index contributed by atoms with van der Waals surface area (Å²) in [5, 5.41) is 4.95. The van der Waals surface area contributed by atoms with Gasteiger partial charge in [-0.25, -0.2) is 0 Å². The molecule has 64 heavy (non-hydrogen) atoms. The fourth-order valence-electron chi connectivity index (χ4n) is 12.3. The van der Waals surface area contributed by atoms with Crippen LogP contribution in [-0.4, -0.2) is 18.7 Å². The minimum atomic E-state index is 0.111. The highest BCUT2D eigenvalue weighted by atomic mass is 16.3. The predicted octanol–water partition coefficient (Wildman–Crippen LogP) is 16.0. The topological polar surface area (TPSA) is 28.4 Å². The van der Waals surface area contributed by atoms with E-state index in [9.17, 15) is 0 Å². The maximum Gasteiger partial charge on any atom is 0.199 e. The molecule has 3 nitrogen and oxygen atoms in total. The molecule has 4 heteroatoms. The van der Waals surface area contributed by atoms with Crippen LogP contribution in [0.2, 0.25) is 0 Å². The molecule has 0 aliphatic heterocycles. The summed E-state index contributed by atoms with van der Waals surface area (Å²) in [5.74, 6) is 2.31. The summed E-state index contributed by atoms with van der Waals surface area (Å²) >= 11 is 0. The van der Waals surface area contributed by atoms with Crippen molar-refractivity contribution in [3.8, 4) is 0 Å². The molecule has 5 unspecified atom stereocenters. The number of nitrogens with zero attached hydrogens (tertiary/aromatic N) is 1. The van der Waals surface area contributed by atoms with Gasteiger partial charge in [0.15, 0.2) is 7.28 Å². The Balaban J connectivity index is 1.49. The standard InChI is InChI=1S/C60H88BN2O/c1-19-23-43(26-33-62-34-27-47-46(21-3)56(9,10)29-30-57(47,11)12)63(35-22-24-42(20-2)55(6,7)8)51-37-44-40(4)25-28-60(17,18)53(44)41(5)54(51)61-50-39-64-52-38-49-48(36-45(50)52)58(13,14)31-32-59(49,15)16/h19-23,26-27,34-36,38-40,42,44,46-47,62H,2-3,24-25,28-33,37H2,1,4-18H3/b23-19-,34-27+,35-22+,43-26+. The van der Waals surface area contributed by atoms with E-state index in [0.29, 0.717) is 29.6 Å². The molecule has 5 atom stereocenters. The summed E-state index contributed by atoms with van der Waals surface area (Å²) in [6.07, 6.45) is 31.9. The van der Waals surface area contributed by atoms with Crippen molar-refractivity contribution in [2.75, 3.05) is 6.54 Å². The number of fused-ring (bicyclic) bond motifs is 3. The first-order valence-electron chi connectivity index (χ1n) is 25.1. The van der Waals surface area contributed by atoms with E-state index in [1.165, 1.54) is 82.9 Å². The number of allylic oxidation sites excluding steroid dienone is 10. The van der Waals surface area contributed by atoms with E-state index in [2.05, 4.69) is 208 Å². The Kier molecular flexibility index (Phi) is 14.4. The Morgan fingerprint density at radius 1 is 0.906 bits per heavy atom. The molecule has 1 aromatic carbocycles. The summed E-state index contributed by atoms with van der Waals surface area (Å²) in [7, 11) is 2.49. The van der Waals surface area contributed by atoms with E-state index in [4.69, 9.17) is 4.42 Å². The van der Waals surface area contributed by atoms with Gasteiger partial charge in [0.2, 0.25) is 0 Å². The summed E-state index contributed by atoms with van der Waals surface area (Å²) in [6, 6.07) is 4.85. The van der Waals surface area contributed by atoms with E-state index in [-0.39, 0.29) is 32.5 Å². The van der Waals surface area contributed by atoms with Crippen LogP contribution in [0.4, 0.5) is 0 Å². The second kappa shape index (κ2) is 18.6. The molecule has 347 valence electrons. The smallest absolute Gasteiger partial charge is 0.199 e. The van der Waals surface area contributed by atoms with Gasteiger partial charge in [0.25, 0.3) is 0 Å². The average Bonchev–Trinajstić information content (AvgIpc) is 3.60. The monoisotopic (exact) mass is 864 g/mol. The van der Waals surface area contributed by atoms with Crippen molar-refractivity contribution in [1.29, 1.82) is 0 Å². The summed E-state index contributed by atoms with van der Waals surface area (Å²) in [6.45, 7) is 47.7. The van der Waals surface area contributed by atoms with Crippen LogP contribution in [0.25, 0.3) is 11.0 Å². The lowest BCUT2D eigenvalue weighted by Crippen LogP contribution is -2.42. The number of furan rings is 1. The van der Waals surface area contributed by atoms with E-state index >= 15 is 0 Å². The molecule has 2 fully saturated rings. The SMILES string of the molecule is C=CC(C/C=C/N(C1=C([B]c2coc3cc4c(cc23)C(C)(C)CCC4(C)C)C(C)=C2C(C1)C(C)CCC2(C)C)C(/C=C\C)=C/CN/C=C/C1C(C=C)C(C)(C)CCC1(C)C)C(C)(C)C. The number of rotatable bonds is 14. The zero-order valence-electron chi connectivity index (χ0n) is 43.5. The molecule has 6 rings (SSSR count). The zero-order valence-corrected chi connectivity index (χ0v) is 43.5. The van der Waals surface area contributed by atoms with Crippen LogP contribution in [0.3, 0.4) is 0 Å². The van der Waals surface area contributed by atoms with Gasteiger partial charge in [-0.2, -0.15) is 0 Å². The highest BCUT2D eigenvalue weighted by Crippen LogP contribution is 2.55. The van der Waals surface area contributed by atoms with Gasteiger partial charge in [-0.05, 0) is 174 Å². The third-order valence-electron chi connectivity index (χ3n) is 17.1. The molecule has 1 heterocycles. The normalized spacial score (nSPS) is 26.9. The minimum absolute atomic E-state index is 0.111. The first kappa shape index (κ1) is 49.8. The van der Waals surface area contributed by atoms with Gasteiger partial charge >= 0.3 is 0 Å². The molecule has 1 N–H and O–H groups in total. The molecule has 0 amide bonds. The molecular formula is C60H88BN2O. The predicted molar refractivity (Wildman–Crippen MR) is 280 cm³/mol. The molecule has 1 radical (unpaired) electrons. The fraction of sp³-hybridized carbons (Fsp3) is 0.600. The molecule has 2 aromatic rings. The van der Waals surface area contributed by atoms with Gasteiger partial charge in [0, 0.05) is 29.5 Å². The van der Waals surface area contributed by atoms with E-state index in [0.717, 1.165) is 25.0 Å². The molecule has 0 saturated heterocycles. The van der Waals surface area contributed by atoms with Gasteiger partial charge in [0.1, 0.15) is 5.58 Å². The number of benzene rings is 1. The Hall–Kier alpha value is -3.66. The van der Waals surface area contributed by atoms with Crippen molar-refractivity contribution in [2.24, 2.45) is 51.2 Å². The molecule has 1 aromatic heterocycles. The van der Waals surface area contributed by atoms with E-state index in [1.54, 1.807) is 5.57 Å². The maximum atomic E-state index is 6.54. The summed E-state index contributed by atoms with van der Waals surface area (Å²) in [5.41, 5.74) is 13.0. The lowest BCUT2D eigenvalue weighted by atomic mass is 9.52. The molecule has 4 aliphatic carbocycles. The molecular weight excluding hydrogens is 775 g/mol. The van der Waals surface area contributed by atoms with Crippen molar-refractivity contribution < 1.29 is 4.42 Å². The van der Waals surface area contributed by atoms with Crippen molar-refractivity contribution >= 4 is 23.7 Å². The van der Waals surface area contributed by atoms with E-state index < -0.39 is 0 Å². The minimum Gasteiger partial charge on any atom is -0.465 e. The fourth-order valence-corrected chi connectivity index (χ4v) is 12.3. The third kappa shape index (κ3) is 10.0. The first-order chi connectivity index (χ1) is 29.8. The Morgan fingerprint density at radius 2 is 1.55 bits per heavy atom. The molecule has 0 bridgehead atoms. The van der Waals surface area contributed by atoms with Crippen molar-refractivity contribution in [3.05, 3.63) is 126 Å². The second-order valence-corrected chi connectivity index (χ2v) is 25.0. The largest absolute Gasteiger partial charge is 0.465 e. The highest BCUT2D eigenvalue weighted by molar-refractivity contribution is 6.65. The lowest BCUT2D eigenvalue weighted by Gasteiger charge is -2.50. The van der Waals surface area contributed by atoms with Crippen LogP contribution in [-0.2, 0) is 10.8 Å². The van der Waals surface area contributed by atoms with Crippen molar-refractivity contribution in [2.45, 2.75) is 173 Å². The second-order valence-electron chi connectivity index (χ2n) is 25.0. The number of hydrogen-bond acceptors (Lipinski definition) is 3. The van der Waals surface area contributed by atoms with Crippen LogP contribution in [0, 0.1) is 51.2 Å². The Labute approximate surface area is 393 Å². The zero-order chi connectivity index (χ0) is 47.2. The van der Waals surface area contributed by atoms with Crippen molar-refractivity contribution in [3.63, 3.8) is 0 Å². The molecule has 0 spiro atoms. The first-order valence-corrected chi connectivity index (χ1v) is 25.1. The van der Waals surface area contributed by atoms with Crippen LogP contribution in [0.15, 0.2) is 119 Å². The summed E-state index contributed by atoms with van der Waals surface area (Å²) < 4.78 is 6.54. The number of hydrogen-bond donors (Lipinski definition) is 1. The summed E-state index contributed by atoms with van der Waals surface area (Å²) in [4.78, 5) is 2.55. The van der Waals surface area contributed by atoms with E-state index in [1.807, 2.05) is 6.26 Å². The third-order valence-corrected chi connectivity index (χ3v) is 17.1. The number of nitrogens with one attached hydrogen (secondary N) is 1. The van der Waals surface area contributed by atoms with Crippen molar-refractivity contribution in [1.82, 2.24) is 10.2 Å². The van der Waals surface area contributed by atoms with Gasteiger partial charge in [-0.3, -0.25) is 0 Å². The van der Waals surface area contributed by atoms with Gasteiger partial charge < -0.3 is 14.6 Å².